The summed E-state index contributed by atoms with van der Waals surface area (Å²) < 4.78 is 5.34. The van der Waals surface area contributed by atoms with Crippen molar-refractivity contribution in [2.45, 2.75) is 26.8 Å². The summed E-state index contributed by atoms with van der Waals surface area (Å²) in [6.07, 6.45) is 0. The van der Waals surface area contributed by atoms with Gasteiger partial charge < -0.3 is 15.8 Å². The number of anilines is 2. The molecule has 0 fully saturated rings. The van der Waals surface area contributed by atoms with E-state index in [1.165, 1.54) is 0 Å². The van der Waals surface area contributed by atoms with Gasteiger partial charge >= 0.3 is 0 Å². The van der Waals surface area contributed by atoms with Crippen molar-refractivity contribution >= 4 is 17.3 Å². The number of ether oxygens (including phenoxy) is 1. The minimum atomic E-state index is -0.222. The van der Waals surface area contributed by atoms with Crippen molar-refractivity contribution in [3.05, 3.63) is 24.3 Å². The molecule has 1 aromatic rings. The fraction of sp³-hybridized carbons (Fsp3) is 0.533. The molecule has 5 nitrogen and oxygen atoms in total. The number of nitrogens with one attached hydrogen (secondary N) is 1. The van der Waals surface area contributed by atoms with Gasteiger partial charge in [-0.3, -0.25) is 9.69 Å². The van der Waals surface area contributed by atoms with Crippen molar-refractivity contribution in [2.75, 3.05) is 37.4 Å². The molecule has 0 aliphatic rings. The first-order chi connectivity index (χ1) is 9.60. The lowest BCUT2D eigenvalue weighted by molar-refractivity contribution is -0.120. The standard InChI is InChI=1S/C15H25N3O2/c1-4-18(10-11-20-5-2)12(3)15(19)17-14-9-7-6-8-13(14)16/h6-9,12H,4-5,10-11,16H2,1-3H3,(H,17,19). The minimum absolute atomic E-state index is 0.0544. The number of hydrogen-bond donors (Lipinski definition) is 2. The highest BCUT2D eigenvalue weighted by Gasteiger charge is 2.20. The number of nitrogens with two attached hydrogens (primary N) is 1. The Morgan fingerprint density at radius 2 is 2.10 bits per heavy atom. The van der Waals surface area contributed by atoms with E-state index in [1.807, 2.05) is 32.9 Å². The van der Waals surface area contributed by atoms with E-state index in [0.717, 1.165) is 13.1 Å². The normalized spacial score (nSPS) is 12.4. The third-order valence-electron chi connectivity index (χ3n) is 3.28. The van der Waals surface area contributed by atoms with Crippen LogP contribution in [-0.4, -0.2) is 43.2 Å². The molecule has 1 amide bonds. The van der Waals surface area contributed by atoms with Crippen LogP contribution < -0.4 is 11.1 Å². The van der Waals surface area contributed by atoms with E-state index in [4.69, 9.17) is 10.5 Å². The van der Waals surface area contributed by atoms with Crippen LogP contribution >= 0.6 is 0 Å². The number of amides is 1. The Bertz CT molecular complexity index is 423. The molecular weight excluding hydrogens is 254 g/mol. The number of likely N-dealkylation sites (N-methyl/N-ethyl adjacent to an activating group) is 1. The van der Waals surface area contributed by atoms with Crippen LogP contribution in [0.3, 0.4) is 0 Å². The lowest BCUT2D eigenvalue weighted by Crippen LogP contribution is -2.43. The van der Waals surface area contributed by atoms with Crippen LogP contribution in [0.5, 0.6) is 0 Å². The fourth-order valence-electron chi connectivity index (χ4n) is 1.97. The lowest BCUT2D eigenvalue weighted by Gasteiger charge is -2.26. The average molecular weight is 279 g/mol. The molecule has 1 unspecified atom stereocenters. The number of carbonyl (C=O) groups excluding carboxylic acids is 1. The maximum absolute atomic E-state index is 12.2. The molecule has 0 aliphatic carbocycles. The second-order valence-corrected chi connectivity index (χ2v) is 4.58. The van der Waals surface area contributed by atoms with Crippen LogP contribution in [0, 0.1) is 0 Å². The summed E-state index contributed by atoms with van der Waals surface area (Å²) in [4.78, 5) is 14.3. The molecular formula is C15H25N3O2. The molecule has 3 N–H and O–H groups in total. The van der Waals surface area contributed by atoms with Crippen LogP contribution in [0.2, 0.25) is 0 Å². The van der Waals surface area contributed by atoms with Gasteiger partial charge in [-0.05, 0) is 32.5 Å². The summed E-state index contributed by atoms with van der Waals surface area (Å²) >= 11 is 0. The van der Waals surface area contributed by atoms with Crippen LogP contribution in [0.25, 0.3) is 0 Å². The Labute approximate surface area is 121 Å². The summed E-state index contributed by atoms with van der Waals surface area (Å²) in [7, 11) is 0. The van der Waals surface area contributed by atoms with E-state index in [-0.39, 0.29) is 11.9 Å². The van der Waals surface area contributed by atoms with E-state index in [0.29, 0.717) is 24.6 Å². The summed E-state index contributed by atoms with van der Waals surface area (Å²) in [6, 6.07) is 7.04. The number of hydrogen-bond acceptors (Lipinski definition) is 4. The highest BCUT2D eigenvalue weighted by molar-refractivity contribution is 5.97. The second kappa shape index (κ2) is 8.55. The molecule has 1 atom stereocenters. The van der Waals surface area contributed by atoms with E-state index in [9.17, 15) is 4.79 Å². The van der Waals surface area contributed by atoms with Crippen LogP contribution in [0.15, 0.2) is 24.3 Å². The maximum atomic E-state index is 12.2. The summed E-state index contributed by atoms with van der Waals surface area (Å²) in [5, 5.41) is 2.87. The Morgan fingerprint density at radius 3 is 2.70 bits per heavy atom. The Kier molecular flexibility index (Phi) is 7.04. The largest absolute Gasteiger partial charge is 0.397 e. The van der Waals surface area contributed by atoms with Gasteiger partial charge in [0.1, 0.15) is 0 Å². The van der Waals surface area contributed by atoms with Gasteiger partial charge in [-0.15, -0.1) is 0 Å². The molecule has 0 aromatic heterocycles. The minimum Gasteiger partial charge on any atom is -0.397 e. The highest BCUT2D eigenvalue weighted by Crippen LogP contribution is 2.17. The number of para-hydroxylation sites is 2. The summed E-state index contributed by atoms with van der Waals surface area (Å²) in [5.41, 5.74) is 7.06. The van der Waals surface area contributed by atoms with Crippen molar-refractivity contribution < 1.29 is 9.53 Å². The third-order valence-corrected chi connectivity index (χ3v) is 3.28. The van der Waals surface area contributed by atoms with Gasteiger partial charge in [0.25, 0.3) is 0 Å². The first kappa shape index (κ1) is 16.5. The van der Waals surface area contributed by atoms with Gasteiger partial charge in [-0.1, -0.05) is 19.1 Å². The number of nitrogens with zero attached hydrogens (tertiary/aromatic N) is 1. The molecule has 5 heteroatoms. The van der Waals surface area contributed by atoms with Gasteiger partial charge in [0.15, 0.2) is 0 Å². The van der Waals surface area contributed by atoms with E-state index in [2.05, 4.69) is 10.2 Å². The molecule has 0 spiro atoms. The van der Waals surface area contributed by atoms with Crippen LogP contribution in [0.4, 0.5) is 11.4 Å². The lowest BCUT2D eigenvalue weighted by atomic mass is 10.2. The molecule has 20 heavy (non-hydrogen) atoms. The van der Waals surface area contributed by atoms with Gasteiger partial charge in [0.05, 0.1) is 24.0 Å². The van der Waals surface area contributed by atoms with Gasteiger partial charge in [0, 0.05) is 13.2 Å². The maximum Gasteiger partial charge on any atom is 0.241 e. The SMILES string of the molecule is CCOCCN(CC)C(C)C(=O)Nc1ccccc1N. The monoisotopic (exact) mass is 279 g/mol. The zero-order valence-electron chi connectivity index (χ0n) is 12.6. The Hall–Kier alpha value is -1.59. The second-order valence-electron chi connectivity index (χ2n) is 4.58. The van der Waals surface area contributed by atoms with Crippen molar-refractivity contribution in [2.24, 2.45) is 0 Å². The van der Waals surface area contributed by atoms with Crippen molar-refractivity contribution in [1.82, 2.24) is 4.90 Å². The molecule has 0 bridgehead atoms. The number of carbonyl (C=O) groups is 1. The first-order valence-corrected chi connectivity index (χ1v) is 7.07. The van der Waals surface area contributed by atoms with E-state index < -0.39 is 0 Å². The number of rotatable bonds is 8. The van der Waals surface area contributed by atoms with Crippen LogP contribution in [-0.2, 0) is 9.53 Å². The van der Waals surface area contributed by atoms with Gasteiger partial charge in [-0.2, -0.15) is 0 Å². The predicted molar refractivity (Wildman–Crippen MR) is 82.7 cm³/mol. The van der Waals surface area contributed by atoms with Crippen molar-refractivity contribution in [3.8, 4) is 0 Å². The topological polar surface area (TPSA) is 67.6 Å². The fourth-order valence-corrected chi connectivity index (χ4v) is 1.97. The van der Waals surface area contributed by atoms with E-state index in [1.54, 1.807) is 12.1 Å². The highest BCUT2D eigenvalue weighted by atomic mass is 16.5. The number of nitrogen functional groups attached to an aromatic ring is 1. The predicted octanol–water partition coefficient (Wildman–Crippen LogP) is 1.95. The van der Waals surface area contributed by atoms with E-state index >= 15 is 0 Å². The molecule has 0 radical (unpaired) electrons. The average Bonchev–Trinajstić information content (AvgIpc) is 2.45. The number of benzene rings is 1. The Balaban J connectivity index is 2.58. The molecule has 1 rings (SSSR count). The van der Waals surface area contributed by atoms with Crippen molar-refractivity contribution in [3.63, 3.8) is 0 Å². The molecule has 1 aromatic carbocycles. The van der Waals surface area contributed by atoms with Crippen LogP contribution in [0.1, 0.15) is 20.8 Å². The molecule has 0 heterocycles. The van der Waals surface area contributed by atoms with Crippen molar-refractivity contribution in [1.29, 1.82) is 0 Å². The molecule has 0 aliphatic heterocycles. The van der Waals surface area contributed by atoms with Gasteiger partial charge in [0.2, 0.25) is 5.91 Å². The summed E-state index contributed by atoms with van der Waals surface area (Å²) in [6.45, 7) is 8.75. The zero-order valence-corrected chi connectivity index (χ0v) is 12.6. The smallest absolute Gasteiger partial charge is 0.241 e. The first-order valence-electron chi connectivity index (χ1n) is 7.07. The third kappa shape index (κ3) is 4.83. The molecule has 112 valence electrons. The Morgan fingerprint density at radius 1 is 1.40 bits per heavy atom. The molecule has 0 saturated heterocycles. The zero-order chi connectivity index (χ0) is 15.0. The quantitative estimate of drug-likeness (QED) is 0.564. The van der Waals surface area contributed by atoms with Gasteiger partial charge in [-0.25, -0.2) is 0 Å². The molecule has 0 saturated carbocycles. The summed E-state index contributed by atoms with van der Waals surface area (Å²) in [5.74, 6) is -0.0544.